The fourth-order valence-electron chi connectivity index (χ4n) is 1.90. The molecule has 0 aliphatic heterocycles. The van der Waals surface area contributed by atoms with Crippen molar-refractivity contribution < 1.29 is 0 Å². The van der Waals surface area contributed by atoms with E-state index >= 15 is 0 Å². The molecule has 0 atom stereocenters. The van der Waals surface area contributed by atoms with Crippen LogP contribution in [0.25, 0.3) is 5.69 Å². The maximum atomic E-state index is 4.43. The van der Waals surface area contributed by atoms with Gasteiger partial charge in [-0.2, -0.15) is 0 Å². The van der Waals surface area contributed by atoms with Gasteiger partial charge < -0.3 is 0 Å². The zero-order chi connectivity index (χ0) is 12.9. The van der Waals surface area contributed by atoms with Gasteiger partial charge in [-0.3, -0.25) is 4.57 Å². The van der Waals surface area contributed by atoms with Crippen molar-refractivity contribution in [3.05, 3.63) is 78.6 Å². The van der Waals surface area contributed by atoms with Crippen LogP contribution in [0.2, 0.25) is 0 Å². The minimum absolute atomic E-state index is 0.935. The molecule has 1 heterocycles. The van der Waals surface area contributed by atoms with Gasteiger partial charge >= 0.3 is 0 Å². The molecule has 0 bridgehead atoms. The normalized spacial score (nSPS) is 10.5. The first-order valence-electron chi connectivity index (χ1n) is 6.19. The standard InChI is InChI=1S/C16H14N2S/c1-3-7-14(8-4-1)13-19-16-17-11-12-18(16)15-9-5-2-6-10-15/h1-12H,13H2. The molecule has 0 radical (unpaired) electrons. The van der Waals surface area contributed by atoms with Crippen LogP contribution in [0.3, 0.4) is 0 Å². The molecule has 0 amide bonds. The predicted octanol–water partition coefficient (Wildman–Crippen LogP) is 4.16. The molecule has 0 aliphatic rings. The van der Waals surface area contributed by atoms with Crippen LogP contribution < -0.4 is 0 Å². The third-order valence-electron chi connectivity index (χ3n) is 2.85. The van der Waals surface area contributed by atoms with Gasteiger partial charge in [-0.05, 0) is 17.7 Å². The van der Waals surface area contributed by atoms with E-state index < -0.39 is 0 Å². The van der Waals surface area contributed by atoms with Gasteiger partial charge in [0.1, 0.15) is 0 Å². The first-order chi connectivity index (χ1) is 9.43. The van der Waals surface area contributed by atoms with E-state index in [1.54, 1.807) is 11.8 Å². The molecule has 2 aromatic carbocycles. The Morgan fingerprint density at radius 1 is 0.895 bits per heavy atom. The van der Waals surface area contributed by atoms with Gasteiger partial charge in [-0.15, -0.1) is 0 Å². The highest BCUT2D eigenvalue weighted by Gasteiger charge is 2.05. The van der Waals surface area contributed by atoms with Crippen LogP contribution in [0.1, 0.15) is 5.56 Å². The second kappa shape index (κ2) is 5.76. The fourth-order valence-corrected chi connectivity index (χ4v) is 2.83. The summed E-state index contributed by atoms with van der Waals surface area (Å²) in [5, 5.41) is 1.02. The Morgan fingerprint density at radius 2 is 1.58 bits per heavy atom. The summed E-state index contributed by atoms with van der Waals surface area (Å²) < 4.78 is 2.12. The van der Waals surface area contributed by atoms with Crippen LogP contribution in [0.4, 0.5) is 0 Å². The number of imidazole rings is 1. The fraction of sp³-hybridized carbons (Fsp3) is 0.0625. The maximum absolute atomic E-state index is 4.43. The van der Waals surface area contributed by atoms with Crippen LogP contribution in [-0.4, -0.2) is 9.55 Å². The largest absolute Gasteiger partial charge is 0.295 e. The summed E-state index contributed by atoms with van der Waals surface area (Å²) in [5.41, 5.74) is 2.46. The van der Waals surface area contributed by atoms with Crippen molar-refractivity contribution in [2.75, 3.05) is 0 Å². The van der Waals surface area contributed by atoms with Gasteiger partial charge in [0.15, 0.2) is 5.16 Å². The molecule has 0 N–H and O–H groups in total. The molecule has 3 rings (SSSR count). The van der Waals surface area contributed by atoms with Crippen LogP contribution in [0, 0.1) is 0 Å². The second-order valence-electron chi connectivity index (χ2n) is 4.19. The lowest BCUT2D eigenvalue weighted by Gasteiger charge is -2.07. The molecule has 3 aromatic rings. The van der Waals surface area contributed by atoms with Crippen molar-refractivity contribution in [3.63, 3.8) is 0 Å². The molecule has 0 unspecified atom stereocenters. The Morgan fingerprint density at radius 3 is 2.32 bits per heavy atom. The minimum atomic E-state index is 0.935. The summed E-state index contributed by atoms with van der Waals surface area (Å²) in [7, 11) is 0. The van der Waals surface area contributed by atoms with Crippen LogP contribution in [0.15, 0.2) is 78.2 Å². The number of rotatable bonds is 4. The van der Waals surface area contributed by atoms with E-state index in [4.69, 9.17) is 0 Å². The maximum Gasteiger partial charge on any atom is 0.172 e. The quantitative estimate of drug-likeness (QED) is 0.660. The summed E-state index contributed by atoms with van der Waals surface area (Å²) >= 11 is 1.75. The highest BCUT2D eigenvalue weighted by molar-refractivity contribution is 7.98. The number of aromatic nitrogens is 2. The molecule has 0 aliphatic carbocycles. The number of nitrogens with zero attached hydrogens (tertiary/aromatic N) is 2. The molecule has 94 valence electrons. The molecule has 2 nitrogen and oxygen atoms in total. The third kappa shape index (κ3) is 2.88. The Kier molecular flexibility index (Phi) is 3.65. The summed E-state index contributed by atoms with van der Waals surface area (Å²) in [6.07, 6.45) is 3.85. The van der Waals surface area contributed by atoms with E-state index in [0.717, 1.165) is 16.6 Å². The molecule has 19 heavy (non-hydrogen) atoms. The molecular formula is C16H14N2S. The van der Waals surface area contributed by atoms with Crippen molar-refractivity contribution >= 4 is 11.8 Å². The summed E-state index contributed by atoms with van der Waals surface area (Å²) in [5.74, 6) is 0.935. The van der Waals surface area contributed by atoms with Crippen molar-refractivity contribution in [2.24, 2.45) is 0 Å². The Bertz CT molecular complexity index is 632. The first kappa shape index (κ1) is 12.1. The minimum Gasteiger partial charge on any atom is -0.295 e. The van der Waals surface area contributed by atoms with Gasteiger partial charge in [0.25, 0.3) is 0 Å². The molecule has 3 heteroatoms. The average molecular weight is 266 g/mol. The molecule has 1 aromatic heterocycles. The molecule has 0 fully saturated rings. The highest BCUT2D eigenvalue weighted by Crippen LogP contribution is 2.23. The lowest BCUT2D eigenvalue weighted by molar-refractivity contribution is 0.895. The predicted molar refractivity (Wildman–Crippen MR) is 79.6 cm³/mol. The lowest BCUT2D eigenvalue weighted by Crippen LogP contribution is -1.94. The van der Waals surface area contributed by atoms with Crippen LogP contribution in [-0.2, 0) is 5.75 Å². The van der Waals surface area contributed by atoms with Crippen molar-refractivity contribution in [1.29, 1.82) is 0 Å². The zero-order valence-electron chi connectivity index (χ0n) is 10.4. The Labute approximate surface area is 117 Å². The average Bonchev–Trinajstić information content (AvgIpc) is 2.95. The van der Waals surface area contributed by atoms with E-state index in [-0.39, 0.29) is 0 Å². The lowest BCUT2D eigenvalue weighted by atomic mass is 10.2. The third-order valence-corrected chi connectivity index (χ3v) is 3.89. The van der Waals surface area contributed by atoms with Crippen LogP contribution in [0.5, 0.6) is 0 Å². The second-order valence-corrected chi connectivity index (χ2v) is 5.13. The van der Waals surface area contributed by atoms with Crippen LogP contribution >= 0.6 is 11.8 Å². The summed E-state index contributed by atoms with van der Waals surface area (Å²) in [4.78, 5) is 4.43. The molecular weight excluding hydrogens is 252 g/mol. The van der Waals surface area contributed by atoms with E-state index in [9.17, 15) is 0 Å². The Balaban J connectivity index is 1.78. The number of hydrogen-bond donors (Lipinski definition) is 0. The highest BCUT2D eigenvalue weighted by atomic mass is 32.2. The topological polar surface area (TPSA) is 17.8 Å². The first-order valence-corrected chi connectivity index (χ1v) is 7.17. The number of hydrogen-bond acceptors (Lipinski definition) is 2. The van der Waals surface area contributed by atoms with Gasteiger partial charge in [0, 0.05) is 23.8 Å². The zero-order valence-corrected chi connectivity index (χ0v) is 11.3. The number of benzene rings is 2. The molecule has 0 saturated heterocycles. The monoisotopic (exact) mass is 266 g/mol. The smallest absolute Gasteiger partial charge is 0.172 e. The summed E-state index contributed by atoms with van der Waals surface area (Å²) in [6, 6.07) is 20.8. The van der Waals surface area contributed by atoms with Crippen molar-refractivity contribution in [2.45, 2.75) is 10.9 Å². The number of thioether (sulfide) groups is 1. The van der Waals surface area contributed by atoms with Gasteiger partial charge in [0.2, 0.25) is 0 Å². The number of para-hydroxylation sites is 1. The van der Waals surface area contributed by atoms with Gasteiger partial charge in [-0.1, -0.05) is 60.3 Å². The van der Waals surface area contributed by atoms with Gasteiger partial charge in [0.05, 0.1) is 0 Å². The Hall–Kier alpha value is -2.00. The molecule has 0 spiro atoms. The van der Waals surface area contributed by atoms with E-state index in [1.165, 1.54) is 5.56 Å². The van der Waals surface area contributed by atoms with E-state index in [0.29, 0.717) is 0 Å². The van der Waals surface area contributed by atoms with Crippen molar-refractivity contribution in [1.82, 2.24) is 9.55 Å². The SMILES string of the molecule is c1ccc(CSc2nccn2-c2ccccc2)cc1. The summed E-state index contributed by atoms with van der Waals surface area (Å²) in [6.45, 7) is 0. The van der Waals surface area contributed by atoms with Gasteiger partial charge in [-0.25, -0.2) is 4.98 Å². The van der Waals surface area contributed by atoms with E-state index in [2.05, 4.69) is 45.9 Å². The van der Waals surface area contributed by atoms with E-state index in [1.807, 2.05) is 36.7 Å². The molecule has 0 saturated carbocycles. The van der Waals surface area contributed by atoms with Crippen molar-refractivity contribution in [3.8, 4) is 5.69 Å².